The molecule has 0 radical (unpaired) electrons. The average molecular weight is 237 g/mol. The molecule has 0 aliphatic heterocycles. The van der Waals surface area contributed by atoms with E-state index in [1.165, 1.54) is 0 Å². The molecule has 5 heteroatoms. The molecule has 0 unspecified atom stereocenters. The van der Waals surface area contributed by atoms with Crippen LogP contribution in [0.2, 0.25) is 0 Å². The average Bonchev–Trinajstić information content (AvgIpc) is 2.27. The first-order valence-corrected chi connectivity index (χ1v) is 5.75. The van der Waals surface area contributed by atoms with Crippen LogP contribution >= 0.6 is 0 Å². The molecule has 0 bridgehead atoms. The van der Waals surface area contributed by atoms with E-state index in [1.807, 2.05) is 26.8 Å². The van der Waals surface area contributed by atoms with Crippen molar-refractivity contribution in [2.75, 3.05) is 18.4 Å². The van der Waals surface area contributed by atoms with Gasteiger partial charge in [0.05, 0.1) is 12.6 Å². The highest BCUT2D eigenvalue weighted by molar-refractivity contribution is 5.80. The first-order chi connectivity index (χ1) is 8.13. The van der Waals surface area contributed by atoms with Crippen LogP contribution in [0.25, 0.3) is 0 Å². The van der Waals surface area contributed by atoms with Gasteiger partial charge < -0.3 is 15.4 Å². The molecule has 0 fully saturated rings. The molecular weight excluding hydrogens is 218 g/mol. The maximum Gasteiger partial charge on any atom is 0.239 e. The molecule has 17 heavy (non-hydrogen) atoms. The Morgan fingerprint density at radius 3 is 2.94 bits per heavy atom. The number of hydrogen-bond donors (Lipinski definition) is 2. The number of nitrogens with one attached hydrogen (secondary N) is 2. The zero-order valence-electron chi connectivity index (χ0n) is 10.5. The molecule has 5 nitrogen and oxygen atoms in total. The van der Waals surface area contributed by atoms with Crippen LogP contribution in [0.15, 0.2) is 18.3 Å². The number of anilines is 1. The molecular formula is C12H19N3O2. The Balaban J connectivity index is 2.60. The molecule has 0 saturated heterocycles. The SMILES string of the molecule is CCNC(=O)CNc1ncccc1OC(C)C. The zero-order valence-corrected chi connectivity index (χ0v) is 10.5. The Kier molecular flexibility index (Phi) is 5.26. The molecule has 1 aromatic rings. The van der Waals surface area contributed by atoms with Gasteiger partial charge in [0.15, 0.2) is 11.6 Å². The summed E-state index contributed by atoms with van der Waals surface area (Å²) in [6.07, 6.45) is 1.73. The fraction of sp³-hybridized carbons (Fsp3) is 0.500. The van der Waals surface area contributed by atoms with E-state index in [0.29, 0.717) is 18.1 Å². The number of hydrogen-bond acceptors (Lipinski definition) is 4. The first kappa shape index (κ1) is 13.3. The van der Waals surface area contributed by atoms with Crippen molar-refractivity contribution in [1.29, 1.82) is 0 Å². The van der Waals surface area contributed by atoms with Gasteiger partial charge in [-0.25, -0.2) is 4.98 Å². The Labute approximate surface area is 102 Å². The third-order valence-electron chi connectivity index (χ3n) is 1.92. The fourth-order valence-electron chi connectivity index (χ4n) is 1.30. The topological polar surface area (TPSA) is 63.2 Å². The van der Waals surface area contributed by atoms with Crippen LogP contribution in [-0.4, -0.2) is 30.1 Å². The lowest BCUT2D eigenvalue weighted by molar-refractivity contribution is -0.119. The van der Waals surface area contributed by atoms with Crippen molar-refractivity contribution in [2.24, 2.45) is 0 Å². The summed E-state index contributed by atoms with van der Waals surface area (Å²) < 4.78 is 5.58. The fourth-order valence-corrected chi connectivity index (χ4v) is 1.30. The molecule has 1 amide bonds. The highest BCUT2D eigenvalue weighted by Crippen LogP contribution is 2.21. The number of ether oxygens (including phenoxy) is 1. The minimum atomic E-state index is -0.0614. The van der Waals surface area contributed by atoms with E-state index in [9.17, 15) is 4.79 Å². The molecule has 0 aliphatic carbocycles. The van der Waals surface area contributed by atoms with Gasteiger partial charge in [0.1, 0.15) is 0 Å². The lowest BCUT2D eigenvalue weighted by Crippen LogP contribution is -2.29. The van der Waals surface area contributed by atoms with Crippen molar-refractivity contribution in [3.05, 3.63) is 18.3 Å². The summed E-state index contributed by atoms with van der Waals surface area (Å²) in [7, 11) is 0. The second-order valence-electron chi connectivity index (χ2n) is 3.82. The molecule has 94 valence electrons. The van der Waals surface area contributed by atoms with E-state index >= 15 is 0 Å². The van der Waals surface area contributed by atoms with Crippen molar-refractivity contribution in [2.45, 2.75) is 26.9 Å². The zero-order chi connectivity index (χ0) is 12.7. The lowest BCUT2D eigenvalue weighted by Gasteiger charge is -2.14. The van der Waals surface area contributed by atoms with E-state index in [-0.39, 0.29) is 18.6 Å². The summed E-state index contributed by atoms with van der Waals surface area (Å²) in [6, 6.07) is 3.63. The number of aromatic nitrogens is 1. The number of carbonyl (C=O) groups excluding carboxylic acids is 1. The normalized spacial score (nSPS) is 10.1. The molecule has 0 spiro atoms. The Bertz CT molecular complexity index is 367. The molecule has 0 aliphatic rings. The quantitative estimate of drug-likeness (QED) is 0.785. The van der Waals surface area contributed by atoms with Gasteiger partial charge in [0, 0.05) is 12.7 Å². The summed E-state index contributed by atoms with van der Waals surface area (Å²) in [4.78, 5) is 15.5. The number of rotatable bonds is 6. The predicted molar refractivity (Wildman–Crippen MR) is 67.2 cm³/mol. The van der Waals surface area contributed by atoms with Crippen LogP contribution in [0, 0.1) is 0 Å². The molecule has 0 saturated carbocycles. The van der Waals surface area contributed by atoms with Gasteiger partial charge in [0.2, 0.25) is 5.91 Å². The van der Waals surface area contributed by atoms with Gasteiger partial charge in [-0.05, 0) is 32.9 Å². The highest BCUT2D eigenvalue weighted by Gasteiger charge is 2.07. The number of amides is 1. The van der Waals surface area contributed by atoms with Crippen molar-refractivity contribution in [1.82, 2.24) is 10.3 Å². The summed E-state index contributed by atoms with van der Waals surface area (Å²) in [5, 5.41) is 5.66. The molecule has 2 N–H and O–H groups in total. The van der Waals surface area contributed by atoms with Crippen LogP contribution < -0.4 is 15.4 Å². The standard InChI is InChI=1S/C12H19N3O2/c1-4-13-11(16)8-15-12-10(17-9(2)3)6-5-7-14-12/h5-7,9H,4,8H2,1-3H3,(H,13,16)(H,14,15). The molecule has 1 rings (SSSR count). The van der Waals surface area contributed by atoms with Crippen molar-refractivity contribution >= 4 is 11.7 Å². The van der Waals surface area contributed by atoms with Crippen molar-refractivity contribution in [3.8, 4) is 5.75 Å². The van der Waals surface area contributed by atoms with Gasteiger partial charge >= 0.3 is 0 Å². The van der Waals surface area contributed by atoms with Crippen molar-refractivity contribution < 1.29 is 9.53 Å². The van der Waals surface area contributed by atoms with Crippen LogP contribution in [0.1, 0.15) is 20.8 Å². The number of pyridine rings is 1. The minimum absolute atomic E-state index is 0.0614. The van der Waals surface area contributed by atoms with Gasteiger partial charge in [-0.1, -0.05) is 0 Å². The van der Waals surface area contributed by atoms with Gasteiger partial charge in [-0.3, -0.25) is 4.79 Å². The van der Waals surface area contributed by atoms with E-state index in [1.54, 1.807) is 12.3 Å². The van der Waals surface area contributed by atoms with Gasteiger partial charge in [0.25, 0.3) is 0 Å². The smallest absolute Gasteiger partial charge is 0.239 e. The van der Waals surface area contributed by atoms with Crippen molar-refractivity contribution in [3.63, 3.8) is 0 Å². The maximum atomic E-state index is 11.3. The van der Waals surface area contributed by atoms with Crippen LogP contribution in [-0.2, 0) is 4.79 Å². The third-order valence-corrected chi connectivity index (χ3v) is 1.92. The molecule has 1 heterocycles. The summed E-state index contributed by atoms with van der Waals surface area (Å²) >= 11 is 0. The summed E-state index contributed by atoms with van der Waals surface area (Å²) in [5.74, 6) is 1.19. The summed E-state index contributed by atoms with van der Waals surface area (Å²) in [6.45, 7) is 6.59. The van der Waals surface area contributed by atoms with E-state index in [2.05, 4.69) is 15.6 Å². The Morgan fingerprint density at radius 2 is 2.29 bits per heavy atom. The van der Waals surface area contributed by atoms with E-state index in [4.69, 9.17) is 4.74 Å². The molecule has 0 atom stereocenters. The Morgan fingerprint density at radius 1 is 1.53 bits per heavy atom. The monoisotopic (exact) mass is 237 g/mol. The van der Waals surface area contributed by atoms with Gasteiger partial charge in [-0.2, -0.15) is 0 Å². The Hall–Kier alpha value is -1.78. The van der Waals surface area contributed by atoms with E-state index in [0.717, 1.165) is 0 Å². The second-order valence-corrected chi connectivity index (χ2v) is 3.82. The molecule has 1 aromatic heterocycles. The van der Waals surface area contributed by atoms with Crippen LogP contribution in [0.5, 0.6) is 5.75 Å². The number of likely N-dealkylation sites (N-methyl/N-ethyl adjacent to an activating group) is 1. The van der Waals surface area contributed by atoms with Gasteiger partial charge in [-0.15, -0.1) is 0 Å². The van der Waals surface area contributed by atoms with Crippen LogP contribution in [0.4, 0.5) is 5.82 Å². The highest BCUT2D eigenvalue weighted by atomic mass is 16.5. The predicted octanol–water partition coefficient (Wildman–Crippen LogP) is 1.42. The largest absolute Gasteiger partial charge is 0.487 e. The third kappa shape index (κ3) is 4.72. The van der Waals surface area contributed by atoms with E-state index < -0.39 is 0 Å². The van der Waals surface area contributed by atoms with Crippen LogP contribution in [0.3, 0.4) is 0 Å². The number of nitrogens with zero attached hydrogens (tertiary/aromatic N) is 1. The minimum Gasteiger partial charge on any atom is -0.487 e. The maximum absolute atomic E-state index is 11.3. The first-order valence-electron chi connectivity index (χ1n) is 5.75. The number of carbonyl (C=O) groups is 1. The molecule has 0 aromatic carbocycles. The lowest BCUT2D eigenvalue weighted by atomic mass is 10.4. The summed E-state index contributed by atoms with van der Waals surface area (Å²) in [5.41, 5.74) is 0. The second kappa shape index (κ2) is 6.73.